The molecule has 13 nitrogen and oxygen atoms in total. The number of nitrogen functional groups attached to an aromatic ring is 1. The highest BCUT2D eigenvalue weighted by Gasteiger charge is 2.45. The minimum Gasteiger partial charge on any atom is -0.481 e. The highest BCUT2D eigenvalue weighted by molar-refractivity contribution is 5.85. The lowest BCUT2D eigenvalue weighted by molar-refractivity contribution is -0.142. The van der Waals surface area contributed by atoms with Crippen molar-refractivity contribution in [3.8, 4) is 16.9 Å². The average Bonchev–Trinajstić information content (AvgIpc) is 3.49. The first-order valence-electron chi connectivity index (χ1n) is 12.1. The number of carbonyl (C=O) groups is 1. The Balaban J connectivity index is 1.50. The first kappa shape index (κ1) is 26.3. The van der Waals surface area contributed by atoms with Gasteiger partial charge >= 0.3 is 5.97 Å². The summed E-state index contributed by atoms with van der Waals surface area (Å²) in [5.41, 5.74) is 9.02. The van der Waals surface area contributed by atoms with Gasteiger partial charge in [-0.05, 0) is 23.8 Å². The minimum absolute atomic E-state index is 0.138. The summed E-state index contributed by atoms with van der Waals surface area (Å²) in [5, 5.41) is 30.7. The molecule has 13 heteroatoms. The van der Waals surface area contributed by atoms with Crippen molar-refractivity contribution in [3.05, 3.63) is 54.9 Å². The third kappa shape index (κ3) is 4.83. The summed E-state index contributed by atoms with van der Waals surface area (Å²) in [6.45, 7) is -0.687. The monoisotopic (exact) mass is 536 g/mol. The summed E-state index contributed by atoms with van der Waals surface area (Å²) in [4.78, 5) is 26.2. The molecule has 0 saturated carbocycles. The molecule has 0 amide bonds. The molecule has 1 fully saturated rings. The maximum atomic E-state index is 11.5. The van der Waals surface area contributed by atoms with Crippen LogP contribution < -0.4 is 15.4 Å². The minimum atomic E-state index is -1.35. The maximum absolute atomic E-state index is 11.5. The SMILES string of the molecule is COC(=O)COc1ccccc1-c1ccc(N(C)c2nc3c(N)ncnc3n2[C@@H]2O[C@H](CO)[C@@H](O)[C@H]2O)cc1. The van der Waals surface area contributed by atoms with Gasteiger partial charge in [-0.1, -0.05) is 30.3 Å². The number of nitrogens with zero attached hydrogens (tertiary/aromatic N) is 5. The Kier molecular flexibility index (Phi) is 7.30. The second-order valence-corrected chi connectivity index (χ2v) is 8.91. The van der Waals surface area contributed by atoms with E-state index in [1.165, 1.54) is 18.0 Å². The van der Waals surface area contributed by atoms with Crippen molar-refractivity contribution in [1.82, 2.24) is 19.5 Å². The van der Waals surface area contributed by atoms with E-state index in [1.807, 2.05) is 42.5 Å². The van der Waals surface area contributed by atoms with Gasteiger partial charge in [0.2, 0.25) is 5.95 Å². The largest absolute Gasteiger partial charge is 0.481 e. The smallest absolute Gasteiger partial charge is 0.343 e. The van der Waals surface area contributed by atoms with Crippen LogP contribution in [0.5, 0.6) is 5.75 Å². The molecule has 3 heterocycles. The van der Waals surface area contributed by atoms with Crippen molar-refractivity contribution < 1.29 is 34.3 Å². The third-order valence-corrected chi connectivity index (χ3v) is 6.58. The zero-order valence-corrected chi connectivity index (χ0v) is 21.2. The molecule has 204 valence electrons. The molecular weight excluding hydrogens is 508 g/mol. The second-order valence-electron chi connectivity index (χ2n) is 8.91. The van der Waals surface area contributed by atoms with E-state index < -0.39 is 37.1 Å². The number of para-hydroxylation sites is 1. The molecule has 4 atom stereocenters. The van der Waals surface area contributed by atoms with Crippen LogP contribution in [0.4, 0.5) is 17.5 Å². The van der Waals surface area contributed by atoms with Crippen molar-refractivity contribution in [2.45, 2.75) is 24.5 Å². The van der Waals surface area contributed by atoms with Crippen LogP contribution in [0.25, 0.3) is 22.3 Å². The standard InChI is InChI=1S/C26H28N6O7/c1-31(15-9-7-14(8-10-15)16-5-3-4-6-17(16)38-12-19(34)37-2)26-30-20-23(27)28-13-29-24(20)32(26)25-22(36)21(35)18(11-33)39-25/h3-10,13,18,21-22,25,33,35-36H,11-12H2,1-2H3,(H2,27,28,29)/t18-,21-,22-,25-/m1/s1. The fourth-order valence-corrected chi connectivity index (χ4v) is 4.49. The van der Waals surface area contributed by atoms with Crippen LogP contribution in [0.15, 0.2) is 54.9 Å². The number of ether oxygens (including phenoxy) is 3. The van der Waals surface area contributed by atoms with Crippen molar-refractivity contribution in [1.29, 1.82) is 0 Å². The van der Waals surface area contributed by atoms with E-state index in [0.29, 0.717) is 22.9 Å². The number of aliphatic hydroxyl groups excluding tert-OH is 3. The number of rotatable bonds is 8. The lowest BCUT2D eigenvalue weighted by atomic mass is 10.0. The molecular formula is C26H28N6O7. The van der Waals surface area contributed by atoms with Gasteiger partial charge in [0.15, 0.2) is 29.8 Å². The van der Waals surface area contributed by atoms with E-state index in [9.17, 15) is 20.1 Å². The number of benzene rings is 2. The van der Waals surface area contributed by atoms with Crippen molar-refractivity contribution in [3.63, 3.8) is 0 Å². The first-order valence-corrected chi connectivity index (χ1v) is 12.1. The number of aliphatic hydroxyl groups is 3. The van der Waals surface area contributed by atoms with Crippen LogP contribution in [0, 0.1) is 0 Å². The Labute approximate surface area is 223 Å². The van der Waals surface area contributed by atoms with Crippen molar-refractivity contribution >= 4 is 34.6 Å². The van der Waals surface area contributed by atoms with Gasteiger partial charge in [-0.3, -0.25) is 4.57 Å². The predicted octanol–water partition coefficient (Wildman–Crippen LogP) is 1.01. The normalized spacial score (nSPS) is 20.7. The van der Waals surface area contributed by atoms with Gasteiger partial charge in [-0.2, -0.15) is 0 Å². The number of fused-ring (bicyclic) bond motifs is 1. The van der Waals surface area contributed by atoms with E-state index in [2.05, 4.69) is 19.7 Å². The number of hydrogen-bond donors (Lipinski definition) is 4. The van der Waals surface area contributed by atoms with E-state index in [0.717, 1.165) is 16.8 Å². The molecule has 1 aliphatic heterocycles. The summed E-state index contributed by atoms with van der Waals surface area (Å²) in [6, 6.07) is 14.8. The maximum Gasteiger partial charge on any atom is 0.343 e. The highest BCUT2D eigenvalue weighted by Crippen LogP contribution is 2.38. The summed E-state index contributed by atoms with van der Waals surface area (Å²) >= 11 is 0. The number of nitrogens with two attached hydrogens (primary N) is 1. The predicted molar refractivity (Wildman–Crippen MR) is 140 cm³/mol. The molecule has 0 spiro atoms. The fourth-order valence-electron chi connectivity index (χ4n) is 4.49. The molecule has 0 radical (unpaired) electrons. The topological polar surface area (TPSA) is 178 Å². The fraction of sp³-hybridized carbons (Fsp3) is 0.308. The Morgan fingerprint density at radius 2 is 1.87 bits per heavy atom. The summed E-state index contributed by atoms with van der Waals surface area (Å²) in [6.07, 6.45) is -3.47. The van der Waals surface area contributed by atoms with Crippen LogP contribution in [-0.4, -0.2) is 86.5 Å². The van der Waals surface area contributed by atoms with Crippen LogP contribution in [0.3, 0.4) is 0 Å². The van der Waals surface area contributed by atoms with Crippen LogP contribution in [0.2, 0.25) is 0 Å². The Hall–Kier alpha value is -4.30. The number of carbonyl (C=O) groups excluding carboxylic acids is 1. The van der Waals surface area contributed by atoms with Gasteiger partial charge in [-0.15, -0.1) is 0 Å². The van der Waals surface area contributed by atoms with Gasteiger partial charge < -0.3 is 40.2 Å². The lowest BCUT2D eigenvalue weighted by Gasteiger charge is -2.24. The summed E-state index contributed by atoms with van der Waals surface area (Å²) in [7, 11) is 3.07. The number of imidazole rings is 1. The zero-order valence-electron chi connectivity index (χ0n) is 21.2. The molecule has 2 aromatic carbocycles. The number of esters is 1. The van der Waals surface area contributed by atoms with Crippen LogP contribution in [-0.2, 0) is 14.3 Å². The molecule has 39 heavy (non-hydrogen) atoms. The molecule has 4 aromatic rings. The molecule has 0 unspecified atom stereocenters. The van der Waals surface area contributed by atoms with Gasteiger partial charge in [-0.25, -0.2) is 19.7 Å². The molecule has 5 N–H and O–H groups in total. The van der Waals surface area contributed by atoms with E-state index >= 15 is 0 Å². The lowest BCUT2D eigenvalue weighted by Crippen LogP contribution is -2.33. The average molecular weight is 537 g/mol. The van der Waals surface area contributed by atoms with Gasteiger partial charge in [0.05, 0.1) is 13.7 Å². The molecule has 0 aliphatic carbocycles. The van der Waals surface area contributed by atoms with Crippen LogP contribution in [0.1, 0.15) is 6.23 Å². The van der Waals surface area contributed by atoms with Crippen molar-refractivity contribution in [2.75, 3.05) is 38.0 Å². The van der Waals surface area contributed by atoms with Gasteiger partial charge in [0, 0.05) is 18.3 Å². The Morgan fingerprint density at radius 1 is 1.13 bits per heavy atom. The third-order valence-electron chi connectivity index (χ3n) is 6.58. The molecule has 0 bridgehead atoms. The molecule has 1 saturated heterocycles. The zero-order chi connectivity index (χ0) is 27.7. The number of aromatic nitrogens is 4. The van der Waals surface area contributed by atoms with E-state index in [-0.39, 0.29) is 12.4 Å². The van der Waals surface area contributed by atoms with Gasteiger partial charge in [0.1, 0.15) is 30.4 Å². The highest BCUT2D eigenvalue weighted by atomic mass is 16.6. The Bertz CT molecular complexity index is 1480. The number of hydrogen-bond acceptors (Lipinski definition) is 12. The number of anilines is 3. The van der Waals surface area contributed by atoms with E-state index in [1.54, 1.807) is 18.0 Å². The first-order chi connectivity index (χ1) is 18.8. The van der Waals surface area contributed by atoms with Crippen molar-refractivity contribution in [2.24, 2.45) is 0 Å². The summed E-state index contributed by atoms with van der Waals surface area (Å²) in [5.74, 6) is 0.508. The Morgan fingerprint density at radius 3 is 2.56 bits per heavy atom. The quantitative estimate of drug-likeness (QED) is 0.235. The second kappa shape index (κ2) is 10.8. The van der Waals surface area contributed by atoms with Crippen LogP contribution >= 0.6 is 0 Å². The molecule has 5 rings (SSSR count). The molecule has 2 aromatic heterocycles. The number of methoxy groups -OCH3 is 1. The molecule has 1 aliphatic rings. The summed E-state index contributed by atoms with van der Waals surface area (Å²) < 4.78 is 17.6. The van der Waals surface area contributed by atoms with Gasteiger partial charge in [0.25, 0.3) is 0 Å². The van der Waals surface area contributed by atoms with E-state index in [4.69, 9.17) is 15.2 Å².